The molecule has 0 aliphatic carbocycles. The van der Waals surface area contributed by atoms with Crippen LogP contribution in [0.3, 0.4) is 0 Å². The van der Waals surface area contributed by atoms with Crippen molar-refractivity contribution in [2.24, 2.45) is 0 Å². The summed E-state index contributed by atoms with van der Waals surface area (Å²) in [6.45, 7) is 0.593. The van der Waals surface area contributed by atoms with E-state index in [9.17, 15) is 4.79 Å². The Labute approximate surface area is 127 Å². The van der Waals surface area contributed by atoms with E-state index in [1.165, 1.54) is 13.2 Å². The first-order valence-electron chi connectivity index (χ1n) is 6.33. The third-order valence-corrected chi connectivity index (χ3v) is 3.37. The molecule has 0 spiro atoms. The first kappa shape index (κ1) is 15.4. The fourth-order valence-corrected chi connectivity index (χ4v) is 2.10. The number of hydrogen-bond acceptors (Lipinski definition) is 3. The molecule has 0 aliphatic heterocycles. The van der Waals surface area contributed by atoms with Crippen molar-refractivity contribution in [2.75, 3.05) is 7.11 Å². The fraction of sp³-hybridized carbons (Fsp3) is 0.188. The lowest BCUT2D eigenvalue weighted by molar-refractivity contribution is 0.0696. The summed E-state index contributed by atoms with van der Waals surface area (Å²) in [5.41, 5.74) is 1.77. The average Bonchev–Trinajstić information content (AvgIpc) is 2.49. The van der Waals surface area contributed by atoms with Crippen molar-refractivity contribution in [1.29, 1.82) is 0 Å². The summed E-state index contributed by atoms with van der Waals surface area (Å²) in [6.07, 6.45) is 0. The van der Waals surface area contributed by atoms with Crippen LogP contribution in [-0.4, -0.2) is 18.2 Å². The molecule has 0 radical (unpaired) electrons. The molecule has 0 amide bonds. The molecule has 0 aromatic heterocycles. The van der Waals surface area contributed by atoms with Crippen LogP contribution < -0.4 is 4.74 Å². The molecule has 0 unspecified atom stereocenters. The van der Waals surface area contributed by atoms with Gasteiger partial charge in [-0.05, 0) is 29.8 Å². The van der Waals surface area contributed by atoms with E-state index in [2.05, 4.69) is 0 Å². The number of hydrogen-bond donors (Lipinski definition) is 1. The molecule has 0 fully saturated rings. The number of aromatic carboxylic acids is 1. The van der Waals surface area contributed by atoms with Crippen LogP contribution in [0.4, 0.5) is 0 Å². The van der Waals surface area contributed by atoms with Gasteiger partial charge in [0.15, 0.2) is 0 Å². The molecule has 0 saturated heterocycles. The van der Waals surface area contributed by atoms with Gasteiger partial charge in [0, 0.05) is 10.6 Å². The molecule has 2 aromatic carbocycles. The summed E-state index contributed by atoms with van der Waals surface area (Å²) >= 11 is 6.05. The number of benzene rings is 2. The van der Waals surface area contributed by atoms with Crippen LogP contribution in [0.15, 0.2) is 42.5 Å². The maximum atomic E-state index is 11.0. The Hall–Kier alpha value is -2.04. The Balaban J connectivity index is 2.07. The van der Waals surface area contributed by atoms with Crippen molar-refractivity contribution in [2.45, 2.75) is 13.2 Å². The van der Waals surface area contributed by atoms with Gasteiger partial charge in [0.1, 0.15) is 5.75 Å². The number of carboxylic acid groups (broad SMARTS) is 1. The van der Waals surface area contributed by atoms with Crippen molar-refractivity contribution >= 4 is 17.6 Å². The standard InChI is InChI=1S/C16H15ClO4/c1-20-15-7-6-11(16(18)19)8-13(15)10-21-9-12-4-2-3-5-14(12)17/h2-8H,9-10H2,1H3,(H,18,19). The van der Waals surface area contributed by atoms with Crippen molar-refractivity contribution < 1.29 is 19.4 Å². The predicted octanol–water partition coefficient (Wildman–Crippen LogP) is 3.76. The molecular formula is C16H15ClO4. The van der Waals surface area contributed by atoms with E-state index >= 15 is 0 Å². The SMILES string of the molecule is COc1ccc(C(=O)O)cc1COCc1ccccc1Cl. The molecule has 0 aliphatic rings. The Morgan fingerprint density at radius 1 is 1.14 bits per heavy atom. The van der Waals surface area contributed by atoms with E-state index in [0.717, 1.165) is 5.56 Å². The smallest absolute Gasteiger partial charge is 0.335 e. The lowest BCUT2D eigenvalue weighted by Crippen LogP contribution is -2.02. The first-order chi connectivity index (χ1) is 10.1. The van der Waals surface area contributed by atoms with Crippen molar-refractivity contribution in [3.63, 3.8) is 0 Å². The van der Waals surface area contributed by atoms with Crippen LogP contribution in [0.5, 0.6) is 5.75 Å². The van der Waals surface area contributed by atoms with Gasteiger partial charge in [0.05, 0.1) is 25.9 Å². The van der Waals surface area contributed by atoms with Gasteiger partial charge < -0.3 is 14.6 Å². The zero-order valence-electron chi connectivity index (χ0n) is 11.5. The summed E-state index contributed by atoms with van der Waals surface area (Å²) in [6, 6.07) is 12.1. The van der Waals surface area contributed by atoms with Gasteiger partial charge in [-0.15, -0.1) is 0 Å². The van der Waals surface area contributed by atoms with Crippen molar-refractivity contribution in [3.8, 4) is 5.75 Å². The average molecular weight is 307 g/mol. The van der Waals surface area contributed by atoms with Crippen LogP contribution >= 0.6 is 11.6 Å². The molecular weight excluding hydrogens is 292 g/mol. The lowest BCUT2D eigenvalue weighted by Gasteiger charge is -2.11. The summed E-state index contributed by atoms with van der Waals surface area (Å²) < 4.78 is 10.8. The highest BCUT2D eigenvalue weighted by atomic mass is 35.5. The van der Waals surface area contributed by atoms with Crippen molar-refractivity contribution in [3.05, 3.63) is 64.2 Å². The van der Waals surface area contributed by atoms with Gasteiger partial charge in [-0.3, -0.25) is 0 Å². The number of ether oxygens (including phenoxy) is 2. The second-order valence-electron chi connectivity index (χ2n) is 4.42. The molecule has 5 heteroatoms. The second-order valence-corrected chi connectivity index (χ2v) is 4.82. The van der Waals surface area contributed by atoms with E-state index in [1.54, 1.807) is 18.2 Å². The maximum absolute atomic E-state index is 11.0. The summed E-state index contributed by atoms with van der Waals surface area (Å²) in [5, 5.41) is 9.66. The van der Waals surface area contributed by atoms with Crippen LogP contribution in [0.25, 0.3) is 0 Å². The van der Waals surface area contributed by atoms with Gasteiger partial charge in [0.2, 0.25) is 0 Å². The highest BCUT2D eigenvalue weighted by Gasteiger charge is 2.09. The molecule has 0 atom stereocenters. The number of halogens is 1. The van der Waals surface area contributed by atoms with E-state index in [1.807, 2.05) is 18.2 Å². The number of methoxy groups -OCH3 is 1. The topological polar surface area (TPSA) is 55.8 Å². The van der Waals surface area contributed by atoms with Crippen molar-refractivity contribution in [1.82, 2.24) is 0 Å². The predicted molar refractivity (Wildman–Crippen MR) is 79.9 cm³/mol. The molecule has 110 valence electrons. The maximum Gasteiger partial charge on any atom is 0.335 e. The van der Waals surface area contributed by atoms with Gasteiger partial charge in [0.25, 0.3) is 0 Å². The lowest BCUT2D eigenvalue weighted by atomic mass is 10.1. The minimum absolute atomic E-state index is 0.201. The third-order valence-electron chi connectivity index (χ3n) is 3.00. The Morgan fingerprint density at radius 3 is 2.52 bits per heavy atom. The monoisotopic (exact) mass is 306 g/mol. The normalized spacial score (nSPS) is 10.4. The second kappa shape index (κ2) is 7.11. The number of carbonyl (C=O) groups is 1. The Kier molecular flexibility index (Phi) is 5.20. The minimum atomic E-state index is -0.981. The molecule has 2 rings (SSSR count). The zero-order chi connectivity index (χ0) is 15.2. The minimum Gasteiger partial charge on any atom is -0.496 e. The van der Waals surface area contributed by atoms with Gasteiger partial charge in [-0.2, -0.15) is 0 Å². The summed E-state index contributed by atoms with van der Waals surface area (Å²) in [5.74, 6) is -0.385. The van der Waals surface area contributed by atoms with Crippen LogP contribution in [0, 0.1) is 0 Å². The van der Waals surface area contributed by atoms with E-state index < -0.39 is 5.97 Å². The Morgan fingerprint density at radius 2 is 1.86 bits per heavy atom. The number of rotatable bonds is 6. The molecule has 1 N–H and O–H groups in total. The Bertz CT molecular complexity index is 640. The zero-order valence-corrected chi connectivity index (χ0v) is 12.3. The van der Waals surface area contributed by atoms with Gasteiger partial charge >= 0.3 is 5.97 Å². The summed E-state index contributed by atoms with van der Waals surface area (Å²) in [4.78, 5) is 11.0. The summed E-state index contributed by atoms with van der Waals surface area (Å²) in [7, 11) is 1.54. The van der Waals surface area contributed by atoms with E-state index in [-0.39, 0.29) is 12.2 Å². The van der Waals surface area contributed by atoms with Crippen LogP contribution in [0.1, 0.15) is 21.5 Å². The van der Waals surface area contributed by atoms with Crippen LogP contribution in [0.2, 0.25) is 5.02 Å². The molecule has 0 saturated carbocycles. The fourth-order valence-electron chi connectivity index (χ4n) is 1.91. The highest BCUT2D eigenvalue weighted by Crippen LogP contribution is 2.22. The molecule has 0 bridgehead atoms. The van der Waals surface area contributed by atoms with Gasteiger partial charge in [-0.1, -0.05) is 29.8 Å². The van der Waals surface area contributed by atoms with E-state index in [4.69, 9.17) is 26.2 Å². The van der Waals surface area contributed by atoms with E-state index in [0.29, 0.717) is 22.9 Å². The molecule has 21 heavy (non-hydrogen) atoms. The quantitative estimate of drug-likeness (QED) is 0.882. The number of carboxylic acids is 1. The molecule has 2 aromatic rings. The largest absolute Gasteiger partial charge is 0.496 e. The van der Waals surface area contributed by atoms with Gasteiger partial charge in [-0.25, -0.2) is 4.79 Å². The molecule has 4 nitrogen and oxygen atoms in total. The van der Waals surface area contributed by atoms with Crippen LogP contribution in [-0.2, 0) is 18.0 Å². The molecule has 0 heterocycles. The third kappa shape index (κ3) is 3.97. The first-order valence-corrected chi connectivity index (χ1v) is 6.71. The highest BCUT2D eigenvalue weighted by molar-refractivity contribution is 6.31.